The third-order valence-electron chi connectivity index (χ3n) is 2.51. The molecule has 1 N–H and O–H groups in total. The number of carboxylic acids is 1. The minimum Gasteiger partial charge on any atom is -0.475 e. The van der Waals surface area contributed by atoms with E-state index in [2.05, 4.69) is 0 Å². The minimum absolute atomic E-state index is 0.0127. The van der Waals surface area contributed by atoms with Crippen LogP contribution in [0.3, 0.4) is 0 Å². The van der Waals surface area contributed by atoms with E-state index in [1.54, 1.807) is 13.0 Å². The first kappa shape index (κ1) is 11.2. The van der Waals surface area contributed by atoms with Gasteiger partial charge in [-0.2, -0.15) is 0 Å². The maximum absolute atomic E-state index is 10.7. The second-order valence-corrected chi connectivity index (χ2v) is 3.83. The van der Waals surface area contributed by atoms with E-state index in [1.807, 2.05) is 0 Å². The van der Waals surface area contributed by atoms with Gasteiger partial charge >= 0.3 is 5.97 Å². The average molecular weight is 226 g/mol. The Morgan fingerprint density at radius 3 is 3.06 bits per heavy atom. The molecule has 1 saturated heterocycles. The molecule has 0 spiro atoms. The van der Waals surface area contributed by atoms with Gasteiger partial charge in [-0.05, 0) is 19.4 Å². The van der Waals surface area contributed by atoms with Crippen molar-refractivity contribution in [1.29, 1.82) is 0 Å². The summed E-state index contributed by atoms with van der Waals surface area (Å²) in [6.07, 6.45) is 0.976. The van der Waals surface area contributed by atoms with E-state index in [4.69, 9.17) is 19.0 Å². The number of ether oxygens (including phenoxy) is 2. The van der Waals surface area contributed by atoms with Gasteiger partial charge in [0.2, 0.25) is 5.76 Å². The number of rotatable bonds is 4. The molecule has 0 aliphatic carbocycles. The summed E-state index contributed by atoms with van der Waals surface area (Å²) in [7, 11) is 0. The third kappa shape index (κ3) is 2.43. The maximum Gasteiger partial charge on any atom is 0.372 e. The fourth-order valence-electron chi connectivity index (χ4n) is 1.68. The predicted octanol–water partition coefficient (Wildman–Crippen LogP) is 1.59. The Morgan fingerprint density at radius 2 is 2.50 bits per heavy atom. The number of furan rings is 1. The van der Waals surface area contributed by atoms with Gasteiger partial charge in [-0.15, -0.1) is 0 Å². The van der Waals surface area contributed by atoms with Gasteiger partial charge in [-0.25, -0.2) is 4.79 Å². The molecule has 1 aliphatic rings. The van der Waals surface area contributed by atoms with Crippen LogP contribution in [0.15, 0.2) is 10.5 Å². The van der Waals surface area contributed by atoms with Crippen molar-refractivity contribution in [1.82, 2.24) is 0 Å². The van der Waals surface area contributed by atoms with Crippen molar-refractivity contribution in [3.8, 4) is 0 Å². The molecular weight excluding hydrogens is 212 g/mol. The average Bonchev–Trinajstić information content (AvgIpc) is 2.83. The number of carboxylic acid groups (broad SMARTS) is 1. The topological polar surface area (TPSA) is 68.9 Å². The largest absolute Gasteiger partial charge is 0.475 e. The van der Waals surface area contributed by atoms with E-state index in [1.165, 1.54) is 0 Å². The smallest absolute Gasteiger partial charge is 0.372 e. The molecule has 0 aromatic carbocycles. The number of hydrogen-bond donors (Lipinski definition) is 1. The first-order valence-electron chi connectivity index (χ1n) is 5.19. The fourth-order valence-corrected chi connectivity index (χ4v) is 1.68. The predicted molar refractivity (Wildman–Crippen MR) is 54.4 cm³/mol. The molecule has 1 aliphatic heterocycles. The van der Waals surface area contributed by atoms with Crippen molar-refractivity contribution in [2.45, 2.75) is 26.1 Å². The van der Waals surface area contributed by atoms with E-state index in [0.29, 0.717) is 24.5 Å². The van der Waals surface area contributed by atoms with Crippen LogP contribution in [0.25, 0.3) is 0 Å². The van der Waals surface area contributed by atoms with Crippen molar-refractivity contribution in [3.63, 3.8) is 0 Å². The Balaban J connectivity index is 1.94. The third-order valence-corrected chi connectivity index (χ3v) is 2.51. The molecular formula is C11H14O5. The number of carbonyl (C=O) groups is 1. The van der Waals surface area contributed by atoms with Crippen LogP contribution in [0.4, 0.5) is 0 Å². The monoisotopic (exact) mass is 226 g/mol. The lowest BCUT2D eigenvalue weighted by Gasteiger charge is -2.07. The molecule has 0 amide bonds. The van der Waals surface area contributed by atoms with Crippen LogP contribution < -0.4 is 0 Å². The molecule has 1 fully saturated rings. The highest BCUT2D eigenvalue weighted by atomic mass is 16.5. The highest BCUT2D eigenvalue weighted by Gasteiger charge is 2.18. The van der Waals surface area contributed by atoms with Gasteiger partial charge in [0.15, 0.2) is 0 Å². The van der Waals surface area contributed by atoms with Crippen molar-refractivity contribution in [2.75, 3.05) is 13.2 Å². The van der Waals surface area contributed by atoms with Crippen LogP contribution in [0.1, 0.15) is 28.3 Å². The summed E-state index contributed by atoms with van der Waals surface area (Å²) in [5.74, 6) is -0.518. The van der Waals surface area contributed by atoms with E-state index in [0.717, 1.165) is 13.0 Å². The number of aromatic carboxylic acids is 1. The van der Waals surface area contributed by atoms with Gasteiger partial charge in [-0.3, -0.25) is 0 Å². The standard InChI is InChI=1S/C11H14O5/c1-7-4-9(16-10(7)11(12)13)6-15-8-2-3-14-5-8/h4,8H,2-3,5-6H2,1H3,(H,12,13). The molecule has 1 atom stereocenters. The lowest BCUT2D eigenvalue weighted by atomic mass is 10.2. The molecule has 1 aromatic rings. The number of hydrogen-bond acceptors (Lipinski definition) is 4. The van der Waals surface area contributed by atoms with Crippen molar-refractivity contribution in [2.24, 2.45) is 0 Å². The van der Waals surface area contributed by atoms with Crippen molar-refractivity contribution >= 4 is 5.97 Å². The molecule has 0 radical (unpaired) electrons. The highest BCUT2D eigenvalue weighted by molar-refractivity contribution is 5.86. The first-order chi connectivity index (χ1) is 7.66. The lowest BCUT2D eigenvalue weighted by Crippen LogP contribution is -2.11. The summed E-state index contributed by atoms with van der Waals surface area (Å²) < 4.78 is 15.9. The molecule has 5 heteroatoms. The SMILES string of the molecule is Cc1cc(COC2CCOC2)oc1C(=O)O. The van der Waals surface area contributed by atoms with Crippen molar-refractivity contribution < 1.29 is 23.8 Å². The Labute approximate surface area is 93.0 Å². The summed E-state index contributed by atoms with van der Waals surface area (Å²) in [5, 5.41) is 8.80. The van der Waals surface area contributed by atoms with Gasteiger partial charge in [-0.1, -0.05) is 0 Å². The van der Waals surface area contributed by atoms with Crippen molar-refractivity contribution in [3.05, 3.63) is 23.2 Å². The van der Waals surface area contributed by atoms with E-state index < -0.39 is 5.97 Å². The molecule has 2 heterocycles. The first-order valence-corrected chi connectivity index (χ1v) is 5.19. The normalized spacial score (nSPS) is 20.2. The molecule has 16 heavy (non-hydrogen) atoms. The van der Waals surface area contributed by atoms with E-state index in [9.17, 15) is 4.79 Å². The fraction of sp³-hybridized carbons (Fsp3) is 0.545. The van der Waals surface area contributed by atoms with Crippen LogP contribution in [0.5, 0.6) is 0 Å². The zero-order valence-corrected chi connectivity index (χ0v) is 9.06. The van der Waals surface area contributed by atoms with Crippen LogP contribution >= 0.6 is 0 Å². The Bertz CT molecular complexity index is 376. The molecule has 0 saturated carbocycles. The van der Waals surface area contributed by atoms with Crippen LogP contribution in [0, 0.1) is 6.92 Å². The Morgan fingerprint density at radius 1 is 1.69 bits per heavy atom. The van der Waals surface area contributed by atoms with Crippen LogP contribution in [0.2, 0.25) is 0 Å². The molecule has 1 aromatic heterocycles. The van der Waals surface area contributed by atoms with Crippen LogP contribution in [-0.4, -0.2) is 30.4 Å². The molecule has 5 nitrogen and oxygen atoms in total. The number of aryl methyl sites for hydroxylation is 1. The van der Waals surface area contributed by atoms with Gasteiger partial charge in [0.05, 0.1) is 12.7 Å². The maximum atomic E-state index is 10.7. The molecule has 0 bridgehead atoms. The quantitative estimate of drug-likeness (QED) is 0.844. The van der Waals surface area contributed by atoms with Crippen LogP contribution in [-0.2, 0) is 16.1 Å². The van der Waals surface area contributed by atoms with E-state index >= 15 is 0 Å². The van der Waals surface area contributed by atoms with Gasteiger partial charge in [0.1, 0.15) is 12.4 Å². The highest BCUT2D eigenvalue weighted by Crippen LogP contribution is 2.17. The van der Waals surface area contributed by atoms with Gasteiger partial charge in [0, 0.05) is 12.2 Å². The van der Waals surface area contributed by atoms with Gasteiger partial charge < -0.3 is 19.0 Å². The Kier molecular flexibility index (Phi) is 3.26. The molecule has 2 rings (SSSR count). The molecule has 88 valence electrons. The zero-order chi connectivity index (χ0) is 11.5. The Hall–Kier alpha value is -1.33. The molecule has 1 unspecified atom stereocenters. The second kappa shape index (κ2) is 4.67. The summed E-state index contributed by atoms with van der Waals surface area (Å²) in [4.78, 5) is 10.7. The summed E-state index contributed by atoms with van der Waals surface area (Å²) >= 11 is 0. The zero-order valence-electron chi connectivity index (χ0n) is 9.06. The summed E-state index contributed by atoms with van der Waals surface area (Å²) in [6.45, 7) is 3.32. The minimum atomic E-state index is -1.05. The summed E-state index contributed by atoms with van der Waals surface area (Å²) in [5.41, 5.74) is 0.619. The summed E-state index contributed by atoms with van der Waals surface area (Å²) in [6, 6.07) is 1.69. The second-order valence-electron chi connectivity index (χ2n) is 3.83. The van der Waals surface area contributed by atoms with E-state index in [-0.39, 0.29) is 11.9 Å². The van der Waals surface area contributed by atoms with Gasteiger partial charge in [0.25, 0.3) is 0 Å². The lowest BCUT2D eigenvalue weighted by molar-refractivity contribution is 0.0226.